The highest BCUT2D eigenvalue weighted by molar-refractivity contribution is 5.79. The Morgan fingerprint density at radius 1 is 1.09 bits per heavy atom. The van der Waals surface area contributed by atoms with Crippen LogP contribution in [0.1, 0.15) is 91.9 Å². The highest BCUT2D eigenvalue weighted by atomic mass is 16.4. The largest absolute Gasteiger partial charge is 0.481 e. The number of carbonyl (C=O) groups excluding carboxylic acids is 1. The molecule has 0 amide bonds. The molecule has 4 fully saturated rings. The Morgan fingerprint density at radius 2 is 1.81 bits per heavy atom. The molecule has 0 aromatic rings. The molecule has 182 valence electrons. The van der Waals surface area contributed by atoms with E-state index in [1.54, 1.807) is 6.92 Å². The number of carboxylic acid groups (broad SMARTS) is 1. The lowest BCUT2D eigenvalue weighted by molar-refractivity contribution is -0.201. The molecule has 3 N–H and O–H groups in total. The number of rotatable bonds is 6. The molecular weight excluding hydrogens is 404 g/mol. The third-order valence-corrected chi connectivity index (χ3v) is 11.1. The van der Waals surface area contributed by atoms with Crippen LogP contribution in [0.2, 0.25) is 0 Å². The minimum Gasteiger partial charge on any atom is -0.481 e. The number of ketones is 1. The molecule has 5 heteroatoms. The minimum atomic E-state index is -0.721. The highest BCUT2D eigenvalue weighted by Crippen LogP contribution is 2.68. The number of aliphatic hydroxyl groups excluding tert-OH is 2. The van der Waals surface area contributed by atoms with Gasteiger partial charge in [-0.2, -0.15) is 0 Å². The Labute approximate surface area is 193 Å². The topological polar surface area (TPSA) is 94.8 Å². The summed E-state index contributed by atoms with van der Waals surface area (Å²) in [6, 6.07) is 0. The van der Waals surface area contributed by atoms with E-state index >= 15 is 0 Å². The molecule has 0 aliphatic heterocycles. The van der Waals surface area contributed by atoms with Gasteiger partial charge in [-0.25, -0.2) is 0 Å². The first-order valence-electron chi connectivity index (χ1n) is 13.1. The van der Waals surface area contributed by atoms with Gasteiger partial charge in [0.25, 0.3) is 0 Å². The predicted octanol–water partition coefficient (Wildman–Crippen LogP) is 4.68. The predicted molar refractivity (Wildman–Crippen MR) is 123 cm³/mol. The maximum Gasteiger partial charge on any atom is 0.306 e. The Hall–Kier alpha value is -0.940. The first-order valence-corrected chi connectivity index (χ1v) is 13.1. The molecule has 4 rings (SSSR count). The maximum atomic E-state index is 12.1. The maximum absolute atomic E-state index is 12.1. The van der Waals surface area contributed by atoms with Crippen LogP contribution in [0.25, 0.3) is 0 Å². The van der Waals surface area contributed by atoms with Gasteiger partial charge in [-0.05, 0) is 84.9 Å². The molecule has 4 aliphatic rings. The fraction of sp³-hybridized carbons (Fsp3) is 0.926. The van der Waals surface area contributed by atoms with E-state index in [-0.39, 0.29) is 40.8 Å². The van der Waals surface area contributed by atoms with E-state index in [1.165, 1.54) is 0 Å². The molecule has 0 saturated heterocycles. The van der Waals surface area contributed by atoms with Gasteiger partial charge >= 0.3 is 5.97 Å². The molecule has 1 unspecified atom stereocenters. The van der Waals surface area contributed by atoms with Crippen molar-refractivity contribution in [2.24, 2.45) is 52.3 Å². The van der Waals surface area contributed by atoms with Crippen molar-refractivity contribution >= 4 is 11.8 Å². The summed E-state index contributed by atoms with van der Waals surface area (Å²) in [4.78, 5) is 23.3. The van der Waals surface area contributed by atoms with Gasteiger partial charge in [0.2, 0.25) is 0 Å². The lowest BCUT2D eigenvalue weighted by Crippen LogP contribution is -2.62. The van der Waals surface area contributed by atoms with Gasteiger partial charge < -0.3 is 15.3 Å². The van der Waals surface area contributed by atoms with Crippen LogP contribution in [0.15, 0.2) is 0 Å². The number of fused-ring (bicyclic) bond motifs is 5. The number of aliphatic carboxylic acids is 1. The summed E-state index contributed by atoms with van der Waals surface area (Å²) >= 11 is 0. The smallest absolute Gasteiger partial charge is 0.306 e. The zero-order valence-electron chi connectivity index (χ0n) is 20.4. The van der Waals surface area contributed by atoms with E-state index in [4.69, 9.17) is 5.11 Å². The Morgan fingerprint density at radius 3 is 2.50 bits per heavy atom. The monoisotopic (exact) mass is 448 g/mol. The van der Waals surface area contributed by atoms with Crippen LogP contribution in [0.3, 0.4) is 0 Å². The van der Waals surface area contributed by atoms with Crippen LogP contribution >= 0.6 is 0 Å². The summed E-state index contributed by atoms with van der Waals surface area (Å²) < 4.78 is 0. The molecule has 0 aromatic carbocycles. The van der Waals surface area contributed by atoms with Crippen molar-refractivity contribution in [3.05, 3.63) is 0 Å². The number of carboxylic acids is 1. The molecule has 0 bridgehead atoms. The molecule has 0 spiro atoms. The number of Topliss-reactive ketones (excluding diaryl/α,β-unsaturated/α-hetero) is 1. The highest BCUT2D eigenvalue weighted by Gasteiger charge is 2.65. The van der Waals surface area contributed by atoms with Gasteiger partial charge in [0.15, 0.2) is 0 Å². The average molecular weight is 449 g/mol. The van der Waals surface area contributed by atoms with E-state index < -0.39 is 5.97 Å². The second-order valence-corrected chi connectivity index (χ2v) is 12.5. The van der Waals surface area contributed by atoms with Crippen LogP contribution in [-0.4, -0.2) is 39.3 Å². The number of aliphatic hydroxyl groups is 2. The summed E-state index contributed by atoms with van der Waals surface area (Å²) in [7, 11) is 0. The van der Waals surface area contributed by atoms with Crippen LogP contribution in [0, 0.1) is 52.3 Å². The van der Waals surface area contributed by atoms with Crippen molar-refractivity contribution in [2.75, 3.05) is 0 Å². The van der Waals surface area contributed by atoms with Crippen molar-refractivity contribution in [3.63, 3.8) is 0 Å². The molecule has 11 atom stereocenters. The van der Waals surface area contributed by atoms with Crippen molar-refractivity contribution < 1.29 is 24.9 Å². The zero-order chi connectivity index (χ0) is 23.4. The number of carbonyl (C=O) groups is 2. The number of hydrogen-bond donors (Lipinski definition) is 3. The summed E-state index contributed by atoms with van der Waals surface area (Å²) in [6.07, 6.45) is 7.65. The standard InChI is InChI=1S/C27H44O5/c1-15(6-5-7-16(2)25(31)32)19-8-9-20-24-21(14-23(30)27(19,20)4)26(3)11-10-18(28)12-17(26)13-22(24)29/h15-17,19-24,29-30H,5-14H2,1-4H3,(H,31,32)/t15-,16?,17+,19-,20+,21+,22+,23+,24+,26+,27-/m1/s1. The lowest BCUT2D eigenvalue weighted by atomic mass is 9.43. The molecule has 0 radical (unpaired) electrons. The summed E-state index contributed by atoms with van der Waals surface area (Å²) in [5, 5.41) is 32.1. The van der Waals surface area contributed by atoms with Crippen molar-refractivity contribution in [1.82, 2.24) is 0 Å². The molecule has 4 saturated carbocycles. The molecular formula is C27H44O5. The Kier molecular flexibility index (Phi) is 6.57. The van der Waals surface area contributed by atoms with E-state index in [0.717, 1.165) is 44.9 Å². The Bertz CT molecular complexity index is 736. The molecule has 4 aliphatic carbocycles. The first-order chi connectivity index (χ1) is 15.0. The van der Waals surface area contributed by atoms with E-state index in [1.807, 2.05) is 0 Å². The summed E-state index contributed by atoms with van der Waals surface area (Å²) in [5.74, 6) is 1.26. The van der Waals surface area contributed by atoms with Crippen LogP contribution in [0.4, 0.5) is 0 Å². The zero-order valence-corrected chi connectivity index (χ0v) is 20.4. The number of hydrogen-bond acceptors (Lipinski definition) is 4. The molecule has 0 aromatic heterocycles. The second-order valence-electron chi connectivity index (χ2n) is 12.5. The SMILES string of the molecule is CC(CCC[C@@H](C)[C@H]1CC[C@H]2[C@@H]3[C@@H](O)C[C@@H]4CC(=O)CC[C@]4(C)[C@H]3C[C@H](O)[C@]12C)C(=O)O. The van der Waals surface area contributed by atoms with Gasteiger partial charge in [-0.3, -0.25) is 9.59 Å². The average Bonchev–Trinajstić information content (AvgIpc) is 3.08. The molecule has 32 heavy (non-hydrogen) atoms. The van der Waals surface area contributed by atoms with E-state index in [9.17, 15) is 19.8 Å². The fourth-order valence-electron chi connectivity index (χ4n) is 9.02. The summed E-state index contributed by atoms with van der Waals surface area (Å²) in [5.41, 5.74) is -0.134. The fourth-order valence-corrected chi connectivity index (χ4v) is 9.02. The van der Waals surface area contributed by atoms with Crippen LogP contribution in [-0.2, 0) is 9.59 Å². The van der Waals surface area contributed by atoms with E-state index in [2.05, 4.69) is 20.8 Å². The third-order valence-electron chi connectivity index (χ3n) is 11.1. The lowest BCUT2D eigenvalue weighted by Gasteiger charge is -2.63. The van der Waals surface area contributed by atoms with E-state index in [0.29, 0.717) is 48.7 Å². The first kappa shape index (κ1) is 24.2. The third kappa shape index (κ3) is 3.76. The van der Waals surface area contributed by atoms with Crippen LogP contribution in [0.5, 0.6) is 0 Å². The normalized spacial score (nSPS) is 47.8. The summed E-state index contributed by atoms with van der Waals surface area (Å²) in [6.45, 7) is 8.67. The Balaban J connectivity index is 1.51. The minimum absolute atomic E-state index is 0.0524. The van der Waals surface area contributed by atoms with Crippen molar-refractivity contribution in [3.8, 4) is 0 Å². The van der Waals surface area contributed by atoms with Gasteiger partial charge in [-0.15, -0.1) is 0 Å². The quantitative estimate of drug-likeness (QED) is 0.548. The second kappa shape index (κ2) is 8.69. The van der Waals surface area contributed by atoms with Gasteiger partial charge in [0.1, 0.15) is 5.78 Å². The van der Waals surface area contributed by atoms with Gasteiger partial charge in [0, 0.05) is 12.8 Å². The molecule has 5 nitrogen and oxygen atoms in total. The van der Waals surface area contributed by atoms with Crippen LogP contribution < -0.4 is 0 Å². The molecule has 0 heterocycles. The van der Waals surface area contributed by atoms with Crippen molar-refractivity contribution in [2.45, 2.75) is 104 Å². The van der Waals surface area contributed by atoms with Gasteiger partial charge in [0.05, 0.1) is 18.1 Å². The van der Waals surface area contributed by atoms with Gasteiger partial charge in [-0.1, -0.05) is 40.5 Å². The van der Waals surface area contributed by atoms with Crippen molar-refractivity contribution in [1.29, 1.82) is 0 Å².